The summed E-state index contributed by atoms with van der Waals surface area (Å²) in [6.07, 6.45) is 7.86. The quantitative estimate of drug-likeness (QED) is 0.612. The Hall–Kier alpha value is -3.00. The third-order valence-electron chi connectivity index (χ3n) is 9.04. The number of ether oxygens (including phenoxy) is 2. The van der Waals surface area contributed by atoms with Gasteiger partial charge in [0.15, 0.2) is 5.72 Å². The average Bonchev–Trinajstić information content (AvgIpc) is 3.51. The van der Waals surface area contributed by atoms with Crippen LogP contribution in [-0.4, -0.2) is 55.3 Å². The standard InChI is InChI=1S/C28H28N4O3/c1-28-26(34-3)17(29-2)12-20(35-28)31-18-10-6-4-8-14(18)22-23-16(13-30-27(23)33)21-15-9-5-7-11-19(15)32(28)25(21)24(22)31/h5,7-9,11,13,17-18,20,26,29H,4,6,10,12H2,1-3H3/t17-,18?,20-,26-,28+/m1/s1. The Kier molecular flexibility index (Phi) is 3.81. The summed E-state index contributed by atoms with van der Waals surface area (Å²) in [6, 6.07) is 8.80. The van der Waals surface area contributed by atoms with Gasteiger partial charge in [0.2, 0.25) is 0 Å². The fourth-order valence-corrected chi connectivity index (χ4v) is 7.79. The van der Waals surface area contributed by atoms with Gasteiger partial charge in [0.25, 0.3) is 5.91 Å². The van der Waals surface area contributed by atoms with Crippen LogP contribution in [0.2, 0.25) is 0 Å². The molecule has 1 aromatic heterocycles. The molecule has 3 aromatic rings. The molecule has 35 heavy (non-hydrogen) atoms. The molecule has 1 unspecified atom stereocenters. The molecule has 0 saturated carbocycles. The van der Waals surface area contributed by atoms with E-state index in [9.17, 15) is 4.79 Å². The van der Waals surface area contributed by atoms with Crippen LogP contribution < -0.4 is 10.2 Å². The molecule has 2 aromatic carbocycles. The van der Waals surface area contributed by atoms with Gasteiger partial charge in [-0.15, -0.1) is 0 Å². The van der Waals surface area contributed by atoms with E-state index >= 15 is 0 Å². The SMILES string of the molecule is CN[C@@H]1C[C@H]2O[C@@](C)([C@@H]1OC)n1c3ccccc3c3c4c(c5c(c31)N2C1CCCC=C51)C(=O)N=C4. The summed E-state index contributed by atoms with van der Waals surface area (Å²) in [4.78, 5) is 20.1. The second-order valence-electron chi connectivity index (χ2n) is 10.6. The van der Waals surface area contributed by atoms with Crippen LogP contribution in [0.15, 0.2) is 35.3 Å². The Morgan fingerprint density at radius 1 is 1.26 bits per heavy atom. The Balaban J connectivity index is 1.63. The summed E-state index contributed by atoms with van der Waals surface area (Å²) >= 11 is 0. The maximum absolute atomic E-state index is 13.3. The van der Waals surface area contributed by atoms with Gasteiger partial charge >= 0.3 is 0 Å². The zero-order valence-electron chi connectivity index (χ0n) is 20.2. The summed E-state index contributed by atoms with van der Waals surface area (Å²) in [5, 5.41) is 5.76. The number of hydrogen-bond donors (Lipinski definition) is 1. The number of methoxy groups -OCH3 is 1. The van der Waals surface area contributed by atoms with Gasteiger partial charge in [0, 0.05) is 47.7 Å². The number of carbonyl (C=O) groups is 1. The summed E-state index contributed by atoms with van der Waals surface area (Å²) < 4.78 is 15.7. The highest BCUT2D eigenvalue weighted by molar-refractivity contribution is 6.30. The van der Waals surface area contributed by atoms with Crippen LogP contribution in [-0.2, 0) is 15.2 Å². The minimum absolute atomic E-state index is 0.115. The Bertz CT molecular complexity index is 1530. The maximum atomic E-state index is 13.3. The number of carbonyl (C=O) groups excluding carboxylic acids is 1. The van der Waals surface area contributed by atoms with Crippen molar-refractivity contribution in [2.24, 2.45) is 4.99 Å². The number of fused-ring (bicyclic) bond motifs is 13. The number of anilines is 1. The Morgan fingerprint density at radius 3 is 2.94 bits per heavy atom. The van der Waals surface area contributed by atoms with Crippen LogP contribution in [0.25, 0.3) is 27.4 Å². The normalized spacial score (nSPS) is 32.3. The number of nitrogens with one attached hydrogen (secondary N) is 1. The molecule has 1 N–H and O–H groups in total. The Labute approximate surface area is 203 Å². The number of rotatable bonds is 2. The number of benzene rings is 2. The fraction of sp³-hybridized carbons (Fsp3) is 0.429. The fourth-order valence-electron chi connectivity index (χ4n) is 7.79. The second-order valence-corrected chi connectivity index (χ2v) is 10.6. The molecule has 1 aliphatic carbocycles. The van der Waals surface area contributed by atoms with Gasteiger partial charge in [-0.2, -0.15) is 0 Å². The number of allylic oxidation sites excluding steroid dienone is 1. The van der Waals surface area contributed by atoms with Crippen molar-refractivity contribution in [1.29, 1.82) is 0 Å². The van der Waals surface area contributed by atoms with E-state index in [1.807, 2.05) is 7.05 Å². The maximum Gasteiger partial charge on any atom is 0.278 e. The molecule has 2 bridgehead atoms. The zero-order valence-corrected chi connectivity index (χ0v) is 20.2. The predicted octanol–water partition coefficient (Wildman–Crippen LogP) is 4.16. The first kappa shape index (κ1) is 20.2. The number of hydrogen-bond acceptors (Lipinski definition) is 5. The van der Waals surface area contributed by atoms with Crippen LogP contribution in [0.4, 0.5) is 5.69 Å². The van der Waals surface area contributed by atoms with E-state index in [4.69, 9.17) is 9.47 Å². The lowest BCUT2D eigenvalue weighted by molar-refractivity contribution is -0.238. The van der Waals surface area contributed by atoms with E-state index in [2.05, 4.69) is 57.0 Å². The lowest BCUT2D eigenvalue weighted by Crippen LogP contribution is -2.63. The van der Waals surface area contributed by atoms with Crippen molar-refractivity contribution >= 4 is 45.2 Å². The molecule has 0 radical (unpaired) electrons. The largest absolute Gasteiger partial charge is 0.375 e. The molecule has 8 rings (SSSR count). The molecule has 5 atom stereocenters. The number of amides is 1. The monoisotopic (exact) mass is 468 g/mol. The molecular weight excluding hydrogens is 440 g/mol. The summed E-state index contributed by atoms with van der Waals surface area (Å²) in [5.74, 6) is -0.126. The zero-order chi connectivity index (χ0) is 23.6. The molecule has 1 saturated heterocycles. The highest BCUT2D eigenvalue weighted by Crippen LogP contribution is 2.58. The lowest BCUT2D eigenvalue weighted by atomic mass is 9.87. The van der Waals surface area contributed by atoms with E-state index in [-0.39, 0.29) is 30.3 Å². The molecular formula is C28H28N4O3. The van der Waals surface area contributed by atoms with E-state index in [1.165, 1.54) is 5.57 Å². The highest BCUT2D eigenvalue weighted by atomic mass is 16.6. The first-order valence-electron chi connectivity index (χ1n) is 12.7. The van der Waals surface area contributed by atoms with Gasteiger partial charge in [-0.05, 0) is 44.9 Å². The Morgan fingerprint density at radius 2 is 2.11 bits per heavy atom. The smallest absolute Gasteiger partial charge is 0.278 e. The topological polar surface area (TPSA) is 68.1 Å². The number of likely N-dealkylation sites (N-methyl/N-ethyl adjacent to an activating group) is 1. The molecule has 1 amide bonds. The van der Waals surface area contributed by atoms with Gasteiger partial charge in [-0.3, -0.25) is 4.79 Å². The lowest BCUT2D eigenvalue weighted by Gasteiger charge is -2.50. The van der Waals surface area contributed by atoms with Gasteiger partial charge in [-0.25, -0.2) is 4.99 Å². The van der Waals surface area contributed by atoms with Gasteiger partial charge in [-0.1, -0.05) is 24.3 Å². The predicted molar refractivity (Wildman–Crippen MR) is 136 cm³/mol. The van der Waals surface area contributed by atoms with Crippen molar-refractivity contribution in [3.05, 3.63) is 47.0 Å². The van der Waals surface area contributed by atoms with Crippen LogP contribution in [0, 0.1) is 0 Å². The van der Waals surface area contributed by atoms with Gasteiger partial charge < -0.3 is 24.3 Å². The number of nitrogens with zero attached hydrogens (tertiary/aromatic N) is 3. The highest BCUT2D eigenvalue weighted by Gasteiger charge is 2.57. The van der Waals surface area contributed by atoms with Crippen molar-refractivity contribution in [2.45, 2.75) is 62.7 Å². The summed E-state index contributed by atoms with van der Waals surface area (Å²) in [6.45, 7) is 2.17. The van der Waals surface area contributed by atoms with Crippen molar-refractivity contribution in [2.75, 3.05) is 19.1 Å². The number of aliphatic imine (C=N–C) groups is 1. The molecule has 5 aliphatic rings. The average molecular weight is 469 g/mol. The van der Waals surface area contributed by atoms with E-state index in [1.54, 1.807) is 13.3 Å². The van der Waals surface area contributed by atoms with Crippen molar-refractivity contribution in [1.82, 2.24) is 9.88 Å². The van der Waals surface area contributed by atoms with E-state index in [0.717, 1.165) is 69.9 Å². The summed E-state index contributed by atoms with van der Waals surface area (Å²) in [5.41, 5.74) is 6.72. The second kappa shape index (κ2) is 6.60. The molecule has 0 spiro atoms. The van der Waals surface area contributed by atoms with Gasteiger partial charge in [0.05, 0.1) is 28.3 Å². The van der Waals surface area contributed by atoms with Crippen molar-refractivity contribution in [3.8, 4) is 0 Å². The number of para-hydroxylation sites is 1. The van der Waals surface area contributed by atoms with Crippen molar-refractivity contribution < 1.29 is 14.3 Å². The third kappa shape index (κ3) is 2.19. The van der Waals surface area contributed by atoms with Crippen LogP contribution in [0.5, 0.6) is 0 Å². The molecule has 7 nitrogen and oxygen atoms in total. The molecule has 1 fully saturated rings. The first-order chi connectivity index (χ1) is 17.1. The van der Waals surface area contributed by atoms with Gasteiger partial charge in [0.1, 0.15) is 12.3 Å². The number of aromatic nitrogens is 1. The first-order valence-corrected chi connectivity index (χ1v) is 12.7. The van der Waals surface area contributed by atoms with Crippen LogP contribution in [0.1, 0.15) is 54.1 Å². The molecule has 5 heterocycles. The third-order valence-corrected chi connectivity index (χ3v) is 9.04. The molecule has 4 aliphatic heterocycles. The molecule has 178 valence electrons. The minimum Gasteiger partial charge on any atom is -0.375 e. The molecule has 7 heteroatoms. The van der Waals surface area contributed by atoms with E-state index in [0.29, 0.717) is 0 Å². The van der Waals surface area contributed by atoms with Crippen molar-refractivity contribution in [3.63, 3.8) is 0 Å². The minimum atomic E-state index is -0.739. The van der Waals surface area contributed by atoms with Crippen LogP contribution in [0.3, 0.4) is 0 Å². The van der Waals surface area contributed by atoms with E-state index < -0.39 is 5.72 Å². The summed E-state index contributed by atoms with van der Waals surface area (Å²) in [7, 11) is 3.79. The van der Waals surface area contributed by atoms with Crippen LogP contribution >= 0.6 is 0 Å².